The van der Waals surface area contributed by atoms with Gasteiger partial charge in [0, 0.05) is 5.41 Å². The van der Waals surface area contributed by atoms with Crippen LogP contribution in [0.15, 0.2) is 72.8 Å². The SMILES string of the molecule is CC.CC.CC(c1ccc(O)cc1)(c1ccc(O)cc1)c1ccc(O)cc1. The van der Waals surface area contributed by atoms with Crippen molar-refractivity contribution in [3.05, 3.63) is 89.5 Å². The van der Waals surface area contributed by atoms with E-state index in [2.05, 4.69) is 6.92 Å². The summed E-state index contributed by atoms with van der Waals surface area (Å²) in [6.45, 7) is 10.1. The summed E-state index contributed by atoms with van der Waals surface area (Å²) >= 11 is 0. The first-order valence-corrected chi connectivity index (χ1v) is 9.38. The van der Waals surface area contributed by atoms with Gasteiger partial charge < -0.3 is 15.3 Å². The first-order valence-electron chi connectivity index (χ1n) is 9.38. The van der Waals surface area contributed by atoms with Crippen LogP contribution >= 0.6 is 0 Å². The summed E-state index contributed by atoms with van der Waals surface area (Å²) in [7, 11) is 0. The largest absolute Gasteiger partial charge is 0.508 e. The van der Waals surface area contributed by atoms with Crippen LogP contribution < -0.4 is 0 Å². The third-order valence-electron chi connectivity index (χ3n) is 4.33. The Balaban J connectivity index is 0.000000855. The van der Waals surface area contributed by atoms with Crippen molar-refractivity contribution in [1.82, 2.24) is 0 Å². The first kappa shape index (κ1) is 22.1. The molecular weight excluding hydrogens is 336 g/mol. The molecular formula is C24H30O3. The Morgan fingerprint density at radius 1 is 0.444 bits per heavy atom. The van der Waals surface area contributed by atoms with E-state index < -0.39 is 5.41 Å². The van der Waals surface area contributed by atoms with Crippen LogP contribution in [0.25, 0.3) is 0 Å². The standard InChI is InChI=1S/C20H18O3.2C2H6/c1-20(14-2-8-17(21)9-3-14,15-4-10-18(22)11-5-15)16-6-12-19(23)13-7-16;2*1-2/h2-13,21-23H,1H3;2*1-2H3. The molecule has 0 saturated heterocycles. The fraction of sp³-hybridized carbons (Fsp3) is 0.250. The summed E-state index contributed by atoms with van der Waals surface area (Å²) in [6.07, 6.45) is 0. The number of phenolic OH excluding ortho intramolecular Hbond substituents is 3. The summed E-state index contributed by atoms with van der Waals surface area (Å²) < 4.78 is 0. The monoisotopic (exact) mass is 366 g/mol. The van der Waals surface area contributed by atoms with E-state index in [1.807, 2.05) is 64.1 Å². The fourth-order valence-corrected chi connectivity index (χ4v) is 2.88. The highest BCUT2D eigenvalue weighted by atomic mass is 16.3. The van der Waals surface area contributed by atoms with E-state index in [9.17, 15) is 15.3 Å². The Hall–Kier alpha value is -2.94. The summed E-state index contributed by atoms with van der Waals surface area (Å²) in [5.41, 5.74) is 2.54. The Morgan fingerprint density at radius 3 is 0.815 bits per heavy atom. The van der Waals surface area contributed by atoms with Crippen molar-refractivity contribution in [1.29, 1.82) is 0 Å². The van der Waals surface area contributed by atoms with Gasteiger partial charge in [-0.05, 0) is 60.0 Å². The third-order valence-corrected chi connectivity index (χ3v) is 4.33. The van der Waals surface area contributed by atoms with Crippen LogP contribution in [0.4, 0.5) is 0 Å². The smallest absolute Gasteiger partial charge is 0.115 e. The average Bonchev–Trinajstić information content (AvgIpc) is 2.72. The second-order valence-electron chi connectivity index (χ2n) is 5.77. The second kappa shape index (κ2) is 10.3. The molecule has 3 heteroatoms. The van der Waals surface area contributed by atoms with Crippen molar-refractivity contribution >= 4 is 0 Å². The summed E-state index contributed by atoms with van der Waals surface area (Å²) in [6, 6.07) is 21.3. The van der Waals surface area contributed by atoms with Crippen LogP contribution in [0.2, 0.25) is 0 Å². The van der Waals surface area contributed by atoms with Gasteiger partial charge in [0.05, 0.1) is 0 Å². The Bertz CT molecular complexity index is 678. The Morgan fingerprint density at radius 2 is 0.630 bits per heavy atom. The number of hydrogen-bond acceptors (Lipinski definition) is 3. The quantitative estimate of drug-likeness (QED) is 0.483. The molecule has 0 aromatic heterocycles. The molecule has 0 amide bonds. The molecule has 144 valence electrons. The molecule has 3 aromatic rings. The number of phenols is 3. The van der Waals surface area contributed by atoms with E-state index in [0.29, 0.717) is 0 Å². The number of aromatic hydroxyl groups is 3. The lowest BCUT2D eigenvalue weighted by molar-refractivity contribution is 0.474. The van der Waals surface area contributed by atoms with Crippen LogP contribution in [0, 0.1) is 0 Å². The first-order chi connectivity index (χ1) is 13.0. The van der Waals surface area contributed by atoms with Crippen LogP contribution in [-0.4, -0.2) is 15.3 Å². The molecule has 0 radical (unpaired) electrons. The van der Waals surface area contributed by atoms with Gasteiger partial charge in [-0.2, -0.15) is 0 Å². The molecule has 0 atom stereocenters. The van der Waals surface area contributed by atoms with Gasteiger partial charge in [-0.1, -0.05) is 64.1 Å². The molecule has 0 aliphatic rings. The molecule has 3 rings (SSSR count). The number of benzene rings is 3. The van der Waals surface area contributed by atoms with Crippen molar-refractivity contribution in [3.63, 3.8) is 0 Å². The highest BCUT2D eigenvalue weighted by molar-refractivity contribution is 5.51. The van der Waals surface area contributed by atoms with E-state index in [0.717, 1.165) is 16.7 Å². The van der Waals surface area contributed by atoms with E-state index in [4.69, 9.17) is 0 Å². The number of hydrogen-bond donors (Lipinski definition) is 3. The minimum Gasteiger partial charge on any atom is -0.508 e. The molecule has 3 nitrogen and oxygen atoms in total. The van der Waals surface area contributed by atoms with Gasteiger partial charge in [0.25, 0.3) is 0 Å². The molecule has 0 fully saturated rings. The minimum absolute atomic E-state index is 0.215. The van der Waals surface area contributed by atoms with Crippen molar-refractivity contribution < 1.29 is 15.3 Å². The molecule has 0 aliphatic heterocycles. The maximum absolute atomic E-state index is 9.57. The predicted octanol–water partition coefficient (Wildman–Crippen LogP) is 6.21. The lowest BCUT2D eigenvalue weighted by Crippen LogP contribution is -2.25. The summed E-state index contributed by atoms with van der Waals surface area (Å²) in [5, 5.41) is 28.7. The zero-order valence-electron chi connectivity index (χ0n) is 16.8. The number of rotatable bonds is 3. The summed E-state index contributed by atoms with van der Waals surface area (Å²) in [4.78, 5) is 0. The van der Waals surface area contributed by atoms with Gasteiger partial charge in [-0.25, -0.2) is 0 Å². The third kappa shape index (κ3) is 5.04. The topological polar surface area (TPSA) is 60.7 Å². The van der Waals surface area contributed by atoms with Gasteiger partial charge >= 0.3 is 0 Å². The van der Waals surface area contributed by atoms with Crippen LogP contribution in [0.5, 0.6) is 17.2 Å². The van der Waals surface area contributed by atoms with Gasteiger partial charge in [-0.3, -0.25) is 0 Å². The highest BCUT2D eigenvalue weighted by Gasteiger charge is 2.31. The average molecular weight is 367 g/mol. The molecule has 0 bridgehead atoms. The molecule has 27 heavy (non-hydrogen) atoms. The van der Waals surface area contributed by atoms with Gasteiger partial charge in [0.2, 0.25) is 0 Å². The molecule has 0 aliphatic carbocycles. The van der Waals surface area contributed by atoms with Gasteiger partial charge in [0.1, 0.15) is 17.2 Å². The van der Waals surface area contributed by atoms with E-state index in [1.54, 1.807) is 36.4 Å². The van der Waals surface area contributed by atoms with Crippen molar-refractivity contribution in [3.8, 4) is 17.2 Å². The fourth-order valence-electron chi connectivity index (χ4n) is 2.88. The van der Waals surface area contributed by atoms with E-state index >= 15 is 0 Å². The lowest BCUT2D eigenvalue weighted by atomic mass is 9.71. The summed E-state index contributed by atoms with van der Waals surface area (Å²) in [5.74, 6) is 0.646. The zero-order valence-corrected chi connectivity index (χ0v) is 16.8. The van der Waals surface area contributed by atoms with Crippen molar-refractivity contribution in [2.45, 2.75) is 40.0 Å². The molecule has 0 heterocycles. The molecule has 0 spiro atoms. The molecule has 0 unspecified atom stereocenters. The highest BCUT2D eigenvalue weighted by Crippen LogP contribution is 2.40. The predicted molar refractivity (Wildman–Crippen MR) is 113 cm³/mol. The maximum atomic E-state index is 9.57. The second-order valence-corrected chi connectivity index (χ2v) is 5.77. The van der Waals surface area contributed by atoms with Crippen LogP contribution in [-0.2, 0) is 5.41 Å². The molecule has 0 saturated carbocycles. The Labute approximate surface area is 162 Å². The van der Waals surface area contributed by atoms with Crippen LogP contribution in [0.3, 0.4) is 0 Å². The maximum Gasteiger partial charge on any atom is 0.115 e. The van der Waals surface area contributed by atoms with Crippen molar-refractivity contribution in [2.24, 2.45) is 0 Å². The van der Waals surface area contributed by atoms with Gasteiger partial charge in [0.15, 0.2) is 0 Å². The Kier molecular flexibility index (Phi) is 8.40. The molecule has 3 aromatic carbocycles. The van der Waals surface area contributed by atoms with E-state index in [-0.39, 0.29) is 17.2 Å². The zero-order chi connectivity index (χ0) is 20.4. The van der Waals surface area contributed by atoms with Gasteiger partial charge in [-0.15, -0.1) is 0 Å². The van der Waals surface area contributed by atoms with E-state index in [1.165, 1.54) is 0 Å². The van der Waals surface area contributed by atoms with Crippen molar-refractivity contribution in [2.75, 3.05) is 0 Å². The minimum atomic E-state index is -0.477. The van der Waals surface area contributed by atoms with Crippen LogP contribution in [0.1, 0.15) is 51.3 Å². The lowest BCUT2D eigenvalue weighted by Gasteiger charge is -2.32. The normalized spacial score (nSPS) is 10.1. The molecule has 3 N–H and O–H groups in total.